The predicted molar refractivity (Wildman–Crippen MR) is 111 cm³/mol. The molecule has 0 aliphatic rings. The first-order valence-corrected chi connectivity index (χ1v) is 9.21. The molecule has 0 bridgehead atoms. The summed E-state index contributed by atoms with van der Waals surface area (Å²) in [5.41, 5.74) is 2.84. The molecular formula is C21H21ClN4O2. The van der Waals surface area contributed by atoms with Gasteiger partial charge >= 0.3 is 0 Å². The zero-order chi connectivity index (χ0) is 19.9. The van der Waals surface area contributed by atoms with Crippen molar-refractivity contribution >= 4 is 29.1 Å². The van der Waals surface area contributed by atoms with Crippen molar-refractivity contribution in [2.45, 2.75) is 13.3 Å². The van der Waals surface area contributed by atoms with E-state index in [9.17, 15) is 4.79 Å². The molecule has 0 saturated heterocycles. The number of amides is 1. The van der Waals surface area contributed by atoms with Gasteiger partial charge in [0, 0.05) is 23.8 Å². The SMILES string of the molecule is COc1cc(Cl)c(C)cc1NC(=O)c1ccnc(NCCc2ccccc2)n1. The van der Waals surface area contributed by atoms with Gasteiger partial charge in [0.2, 0.25) is 5.95 Å². The molecule has 3 rings (SSSR count). The maximum atomic E-state index is 12.6. The number of ether oxygens (including phenoxy) is 1. The molecule has 0 unspecified atom stereocenters. The van der Waals surface area contributed by atoms with E-state index in [0.717, 1.165) is 12.0 Å². The maximum Gasteiger partial charge on any atom is 0.274 e. The van der Waals surface area contributed by atoms with Crippen LogP contribution in [0.3, 0.4) is 0 Å². The van der Waals surface area contributed by atoms with Gasteiger partial charge in [-0.05, 0) is 36.6 Å². The number of hydrogen-bond acceptors (Lipinski definition) is 5. The average Bonchev–Trinajstić information content (AvgIpc) is 2.71. The van der Waals surface area contributed by atoms with E-state index in [0.29, 0.717) is 29.0 Å². The van der Waals surface area contributed by atoms with E-state index in [2.05, 4.69) is 32.7 Å². The second-order valence-corrected chi connectivity index (χ2v) is 6.59. The standard InChI is InChI=1S/C21H21ClN4O2/c1-14-12-18(19(28-2)13-16(14)22)25-20(27)17-9-11-24-21(26-17)23-10-8-15-6-4-3-5-7-15/h3-7,9,11-13H,8,10H2,1-2H3,(H,25,27)(H,23,24,26). The number of aryl methyl sites for hydroxylation is 1. The minimum Gasteiger partial charge on any atom is -0.495 e. The van der Waals surface area contributed by atoms with E-state index < -0.39 is 0 Å². The summed E-state index contributed by atoms with van der Waals surface area (Å²) in [5.74, 6) is 0.538. The van der Waals surface area contributed by atoms with Gasteiger partial charge in [-0.1, -0.05) is 41.9 Å². The summed E-state index contributed by atoms with van der Waals surface area (Å²) in [4.78, 5) is 21.1. The molecule has 0 radical (unpaired) electrons. The van der Waals surface area contributed by atoms with Gasteiger partial charge in [0.1, 0.15) is 11.4 Å². The molecule has 3 aromatic rings. The summed E-state index contributed by atoms with van der Waals surface area (Å²) in [6.07, 6.45) is 2.39. The fourth-order valence-corrected chi connectivity index (χ4v) is 2.80. The second kappa shape index (κ2) is 9.19. The molecule has 0 fully saturated rings. The summed E-state index contributed by atoms with van der Waals surface area (Å²) in [5, 5.41) is 6.53. The molecule has 28 heavy (non-hydrogen) atoms. The Bertz CT molecular complexity index is 964. The van der Waals surface area contributed by atoms with Crippen LogP contribution in [0.25, 0.3) is 0 Å². The largest absolute Gasteiger partial charge is 0.495 e. The molecule has 0 atom stereocenters. The third-order valence-electron chi connectivity index (χ3n) is 4.16. The second-order valence-electron chi connectivity index (χ2n) is 6.18. The fourth-order valence-electron chi connectivity index (χ4n) is 2.65. The van der Waals surface area contributed by atoms with Crippen molar-refractivity contribution < 1.29 is 9.53 Å². The maximum absolute atomic E-state index is 12.6. The van der Waals surface area contributed by atoms with E-state index in [-0.39, 0.29) is 11.6 Å². The first-order chi connectivity index (χ1) is 13.6. The van der Waals surface area contributed by atoms with Crippen LogP contribution in [-0.4, -0.2) is 29.5 Å². The zero-order valence-electron chi connectivity index (χ0n) is 15.7. The Morgan fingerprint density at radius 1 is 1.18 bits per heavy atom. The minimum atomic E-state index is -0.353. The highest BCUT2D eigenvalue weighted by atomic mass is 35.5. The number of carbonyl (C=O) groups excluding carboxylic acids is 1. The molecule has 144 valence electrons. The third-order valence-corrected chi connectivity index (χ3v) is 4.56. The molecular weight excluding hydrogens is 376 g/mol. The number of benzene rings is 2. The summed E-state index contributed by atoms with van der Waals surface area (Å²) < 4.78 is 5.29. The van der Waals surface area contributed by atoms with Crippen LogP contribution >= 0.6 is 11.6 Å². The van der Waals surface area contributed by atoms with E-state index in [4.69, 9.17) is 16.3 Å². The Labute approximate surface area is 168 Å². The molecule has 0 aliphatic carbocycles. The van der Waals surface area contributed by atoms with Crippen molar-refractivity contribution in [2.24, 2.45) is 0 Å². The van der Waals surface area contributed by atoms with Crippen molar-refractivity contribution in [3.05, 3.63) is 76.6 Å². The van der Waals surface area contributed by atoms with Crippen LogP contribution in [0.1, 0.15) is 21.6 Å². The van der Waals surface area contributed by atoms with Gasteiger partial charge in [-0.25, -0.2) is 9.97 Å². The Morgan fingerprint density at radius 2 is 1.96 bits per heavy atom. The number of hydrogen-bond donors (Lipinski definition) is 2. The minimum absolute atomic E-state index is 0.256. The molecule has 1 amide bonds. The number of rotatable bonds is 7. The lowest BCUT2D eigenvalue weighted by Crippen LogP contribution is -2.16. The first-order valence-electron chi connectivity index (χ1n) is 8.83. The van der Waals surface area contributed by atoms with Crippen molar-refractivity contribution in [1.29, 1.82) is 0 Å². The lowest BCUT2D eigenvalue weighted by Gasteiger charge is -2.12. The Kier molecular flexibility index (Phi) is 6.45. The highest BCUT2D eigenvalue weighted by Gasteiger charge is 2.13. The molecule has 1 aromatic heterocycles. The number of anilines is 2. The van der Waals surface area contributed by atoms with E-state index >= 15 is 0 Å². The van der Waals surface area contributed by atoms with Crippen molar-refractivity contribution in [3.8, 4) is 5.75 Å². The number of nitrogens with zero attached hydrogens (tertiary/aromatic N) is 2. The normalized spacial score (nSPS) is 10.4. The molecule has 0 saturated carbocycles. The van der Waals surface area contributed by atoms with Gasteiger partial charge in [0.25, 0.3) is 5.91 Å². The van der Waals surface area contributed by atoms with E-state index in [1.54, 1.807) is 24.4 Å². The van der Waals surface area contributed by atoms with Crippen LogP contribution in [-0.2, 0) is 6.42 Å². The van der Waals surface area contributed by atoms with Crippen LogP contribution in [0.2, 0.25) is 5.02 Å². The monoisotopic (exact) mass is 396 g/mol. The number of nitrogens with one attached hydrogen (secondary N) is 2. The number of carbonyl (C=O) groups is 1. The number of methoxy groups -OCH3 is 1. The van der Waals surface area contributed by atoms with Crippen molar-refractivity contribution in [1.82, 2.24) is 9.97 Å². The fraction of sp³-hybridized carbons (Fsp3) is 0.190. The topological polar surface area (TPSA) is 76.1 Å². The quantitative estimate of drug-likeness (QED) is 0.620. The lowest BCUT2D eigenvalue weighted by molar-refractivity contribution is 0.102. The van der Waals surface area contributed by atoms with Gasteiger partial charge in [-0.15, -0.1) is 0 Å². The number of halogens is 1. The molecule has 0 spiro atoms. The average molecular weight is 397 g/mol. The lowest BCUT2D eigenvalue weighted by atomic mass is 10.1. The van der Waals surface area contributed by atoms with Gasteiger partial charge in [-0.2, -0.15) is 0 Å². The summed E-state index contributed by atoms with van der Waals surface area (Å²) >= 11 is 6.11. The molecule has 2 N–H and O–H groups in total. The van der Waals surface area contributed by atoms with Crippen LogP contribution in [0, 0.1) is 6.92 Å². The van der Waals surface area contributed by atoms with Gasteiger partial charge in [0.05, 0.1) is 12.8 Å². The first kappa shape index (κ1) is 19.6. The summed E-state index contributed by atoms with van der Waals surface area (Å²) in [7, 11) is 1.52. The van der Waals surface area contributed by atoms with Crippen LogP contribution in [0.15, 0.2) is 54.7 Å². The van der Waals surface area contributed by atoms with E-state index in [1.165, 1.54) is 12.7 Å². The molecule has 1 heterocycles. The summed E-state index contributed by atoms with van der Waals surface area (Å²) in [6, 6.07) is 15.1. The molecule has 6 nitrogen and oxygen atoms in total. The Balaban J connectivity index is 1.66. The molecule has 2 aromatic carbocycles. The highest BCUT2D eigenvalue weighted by Crippen LogP contribution is 2.31. The smallest absolute Gasteiger partial charge is 0.274 e. The number of aromatic nitrogens is 2. The highest BCUT2D eigenvalue weighted by molar-refractivity contribution is 6.31. The molecule has 0 aliphatic heterocycles. The van der Waals surface area contributed by atoms with Gasteiger partial charge in [0.15, 0.2) is 0 Å². The van der Waals surface area contributed by atoms with Crippen molar-refractivity contribution in [3.63, 3.8) is 0 Å². The van der Waals surface area contributed by atoms with E-state index in [1.807, 2.05) is 25.1 Å². The van der Waals surface area contributed by atoms with Gasteiger partial charge in [-0.3, -0.25) is 4.79 Å². The van der Waals surface area contributed by atoms with Crippen LogP contribution in [0.5, 0.6) is 5.75 Å². The summed E-state index contributed by atoms with van der Waals surface area (Å²) in [6.45, 7) is 2.52. The van der Waals surface area contributed by atoms with Crippen LogP contribution < -0.4 is 15.4 Å². The molecule has 7 heteroatoms. The zero-order valence-corrected chi connectivity index (χ0v) is 16.5. The Morgan fingerprint density at radius 3 is 2.71 bits per heavy atom. The third kappa shape index (κ3) is 4.98. The van der Waals surface area contributed by atoms with Crippen molar-refractivity contribution in [2.75, 3.05) is 24.3 Å². The Hall–Kier alpha value is -3.12. The van der Waals surface area contributed by atoms with Crippen LogP contribution in [0.4, 0.5) is 11.6 Å². The predicted octanol–water partition coefficient (Wildman–Crippen LogP) is 4.35. The van der Waals surface area contributed by atoms with Gasteiger partial charge < -0.3 is 15.4 Å².